The fourth-order valence-corrected chi connectivity index (χ4v) is 3.00. The first-order valence-corrected chi connectivity index (χ1v) is 6.82. The number of para-hydroxylation sites is 1. The first kappa shape index (κ1) is 11.9. The van der Waals surface area contributed by atoms with Crippen molar-refractivity contribution in [3.05, 3.63) is 60.2 Å². The summed E-state index contributed by atoms with van der Waals surface area (Å²) in [4.78, 5) is 12.2. The molecule has 3 rings (SSSR count). The van der Waals surface area contributed by atoms with Crippen molar-refractivity contribution in [2.45, 2.75) is 6.54 Å². The number of hydrogen-bond acceptors (Lipinski definition) is 3. The standard InChI is InChI=1S/C15H12N2OS/c16-15-17(12-8-4-5-9-14(12)19-15)10-13(18)11-6-2-1-3-7-11/h1-9,16H,10H2/p+1. The summed E-state index contributed by atoms with van der Waals surface area (Å²) in [5.41, 5.74) is 7.73. The second-order valence-corrected chi connectivity index (χ2v) is 5.35. The Morgan fingerprint density at radius 3 is 2.53 bits per heavy atom. The predicted octanol–water partition coefficient (Wildman–Crippen LogP) is 2.65. The number of aromatic nitrogens is 1. The quantitative estimate of drug-likeness (QED) is 0.587. The Morgan fingerprint density at radius 2 is 1.74 bits per heavy atom. The van der Waals surface area contributed by atoms with Gasteiger partial charge in [-0.2, -0.15) is 0 Å². The molecule has 0 bridgehead atoms. The highest BCUT2D eigenvalue weighted by atomic mass is 32.1. The van der Waals surface area contributed by atoms with Crippen molar-refractivity contribution in [2.24, 2.45) is 0 Å². The molecule has 0 fully saturated rings. The van der Waals surface area contributed by atoms with E-state index in [1.165, 1.54) is 11.3 Å². The molecule has 19 heavy (non-hydrogen) atoms. The average Bonchev–Trinajstić information content (AvgIpc) is 2.76. The molecule has 0 saturated heterocycles. The summed E-state index contributed by atoms with van der Waals surface area (Å²) < 4.78 is 2.97. The number of Topliss-reactive ketones (excluding diaryl/α,β-unsaturated/α-hetero) is 1. The third-order valence-corrected chi connectivity index (χ3v) is 4.03. The minimum atomic E-state index is 0.0702. The molecular formula is C15H13N2OS+. The molecule has 4 heteroatoms. The molecule has 1 aromatic heterocycles. The minimum absolute atomic E-state index is 0.0702. The Hall–Kier alpha value is -2.20. The van der Waals surface area contributed by atoms with Crippen LogP contribution in [0.4, 0.5) is 5.13 Å². The van der Waals surface area contributed by atoms with Crippen LogP contribution < -0.4 is 10.3 Å². The van der Waals surface area contributed by atoms with E-state index in [-0.39, 0.29) is 12.3 Å². The number of benzene rings is 2. The van der Waals surface area contributed by atoms with Crippen LogP contribution >= 0.6 is 11.3 Å². The second-order valence-electron chi connectivity index (χ2n) is 4.28. The van der Waals surface area contributed by atoms with Gasteiger partial charge in [0.2, 0.25) is 5.78 Å². The second kappa shape index (κ2) is 4.82. The topological polar surface area (TPSA) is 47.0 Å². The molecule has 0 aliphatic carbocycles. The van der Waals surface area contributed by atoms with Crippen molar-refractivity contribution >= 4 is 32.5 Å². The van der Waals surface area contributed by atoms with Gasteiger partial charge in [-0.25, -0.2) is 4.57 Å². The highest BCUT2D eigenvalue weighted by Gasteiger charge is 2.18. The van der Waals surface area contributed by atoms with Gasteiger partial charge in [0.05, 0.1) is 4.70 Å². The number of fused-ring (bicyclic) bond motifs is 1. The summed E-state index contributed by atoms with van der Waals surface area (Å²) in [6.45, 7) is 0.278. The van der Waals surface area contributed by atoms with Crippen molar-refractivity contribution in [3.63, 3.8) is 0 Å². The molecule has 94 valence electrons. The zero-order chi connectivity index (χ0) is 13.2. The lowest BCUT2D eigenvalue weighted by atomic mass is 10.1. The molecule has 2 N–H and O–H groups in total. The van der Waals surface area contributed by atoms with Crippen molar-refractivity contribution < 1.29 is 9.36 Å². The Morgan fingerprint density at radius 1 is 1.05 bits per heavy atom. The van der Waals surface area contributed by atoms with Crippen molar-refractivity contribution in [1.82, 2.24) is 0 Å². The first-order valence-electron chi connectivity index (χ1n) is 6.01. The van der Waals surface area contributed by atoms with Crippen molar-refractivity contribution in [1.29, 1.82) is 0 Å². The maximum atomic E-state index is 12.2. The van der Waals surface area contributed by atoms with E-state index >= 15 is 0 Å². The van der Waals surface area contributed by atoms with E-state index < -0.39 is 0 Å². The third kappa shape index (κ3) is 2.22. The number of nitrogen functional groups attached to an aromatic ring is 1. The molecule has 0 radical (unpaired) electrons. The molecule has 3 nitrogen and oxygen atoms in total. The highest BCUT2D eigenvalue weighted by molar-refractivity contribution is 7.21. The lowest BCUT2D eigenvalue weighted by Crippen LogP contribution is -2.39. The number of hydrogen-bond donors (Lipinski definition) is 1. The zero-order valence-corrected chi connectivity index (χ0v) is 11.1. The predicted molar refractivity (Wildman–Crippen MR) is 77.2 cm³/mol. The smallest absolute Gasteiger partial charge is 0.290 e. The van der Waals surface area contributed by atoms with Gasteiger partial charge in [-0.05, 0) is 23.5 Å². The first-order chi connectivity index (χ1) is 9.25. The van der Waals surface area contributed by atoms with E-state index in [1.807, 2.05) is 59.2 Å². The molecular weight excluding hydrogens is 256 g/mol. The Labute approximate surface area is 114 Å². The molecule has 0 atom stereocenters. The van der Waals surface area contributed by atoms with Crippen LogP contribution in [0.1, 0.15) is 10.4 Å². The summed E-state index contributed by atoms with van der Waals surface area (Å²) in [5.74, 6) is 0.0702. The van der Waals surface area contributed by atoms with Gasteiger partial charge in [0.25, 0.3) is 0 Å². The summed E-state index contributed by atoms with van der Waals surface area (Å²) >= 11 is 1.50. The normalized spacial score (nSPS) is 10.7. The molecule has 0 amide bonds. The summed E-state index contributed by atoms with van der Waals surface area (Å²) in [6, 6.07) is 17.2. The van der Waals surface area contributed by atoms with Crippen molar-refractivity contribution in [2.75, 3.05) is 5.73 Å². The van der Waals surface area contributed by atoms with E-state index in [0.717, 1.165) is 10.2 Å². The monoisotopic (exact) mass is 269 g/mol. The Balaban J connectivity index is 1.98. The summed E-state index contributed by atoms with van der Waals surface area (Å²) in [6.07, 6.45) is 0. The van der Waals surface area contributed by atoms with Gasteiger partial charge in [0.15, 0.2) is 6.54 Å². The molecule has 1 heterocycles. The molecule has 2 aromatic carbocycles. The van der Waals surface area contributed by atoms with Crippen LogP contribution in [0.3, 0.4) is 0 Å². The fourth-order valence-electron chi connectivity index (χ4n) is 2.07. The van der Waals surface area contributed by atoms with Gasteiger partial charge in [-0.3, -0.25) is 10.5 Å². The van der Waals surface area contributed by atoms with E-state index in [2.05, 4.69) is 0 Å². The van der Waals surface area contributed by atoms with Gasteiger partial charge in [-0.15, -0.1) is 0 Å². The van der Waals surface area contributed by atoms with Gasteiger partial charge in [0, 0.05) is 5.56 Å². The largest absolute Gasteiger partial charge is 0.333 e. The number of nitrogens with two attached hydrogens (primary N) is 1. The lowest BCUT2D eigenvalue weighted by Gasteiger charge is -2.00. The Bertz CT molecular complexity index is 734. The molecule has 3 aromatic rings. The zero-order valence-electron chi connectivity index (χ0n) is 10.2. The molecule has 0 spiro atoms. The van der Waals surface area contributed by atoms with Crippen LogP contribution in [-0.2, 0) is 6.54 Å². The number of carbonyl (C=O) groups excluding carboxylic acids is 1. The number of ketones is 1. The Kier molecular flexibility index (Phi) is 3.01. The number of nitrogens with zero attached hydrogens (tertiary/aromatic N) is 1. The molecule has 0 aliphatic rings. The van der Waals surface area contributed by atoms with Crippen LogP contribution in [0, 0.1) is 0 Å². The molecule has 0 unspecified atom stereocenters. The van der Waals surface area contributed by atoms with E-state index in [9.17, 15) is 4.79 Å². The lowest BCUT2D eigenvalue weighted by molar-refractivity contribution is -0.638. The number of carbonyl (C=O) groups is 1. The summed E-state index contributed by atoms with van der Waals surface area (Å²) in [7, 11) is 0. The number of anilines is 1. The number of thiazole rings is 1. The van der Waals surface area contributed by atoms with Gasteiger partial charge in [-0.1, -0.05) is 42.5 Å². The fraction of sp³-hybridized carbons (Fsp3) is 0.0667. The summed E-state index contributed by atoms with van der Waals surface area (Å²) in [5, 5.41) is 0.658. The van der Waals surface area contributed by atoms with Crippen LogP contribution in [0.25, 0.3) is 10.2 Å². The van der Waals surface area contributed by atoms with Crippen LogP contribution in [0.5, 0.6) is 0 Å². The van der Waals surface area contributed by atoms with Crippen LogP contribution in [-0.4, -0.2) is 5.78 Å². The van der Waals surface area contributed by atoms with Gasteiger partial charge >= 0.3 is 5.13 Å². The molecule has 0 saturated carbocycles. The maximum absolute atomic E-state index is 12.2. The third-order valence-electron chi connectivity index (χ3n) is 3.03. The van der Waals surface area contributed by atoms with Crippen molar-refractivity contribution in [3.8, 4) is 0 Å². The van der Waals surface area contributed by atoms with Crippen LogP contribution in [0.2, 0.25) is 0 Å². The van der Waals surface area contributed by atoms with Crippen LogP contribution in [0.15, 0.2) is 54.6 Å². The van der Waals surface area contributed by atoms with E-state index in [4.69, 9.17) is 5.73 Å². The van der Waals surface area contributed by atoms with E-state index in [0.29, 0.717) is 10.7 Å². The number of rotatable bonds is 3. The molecule has 0 aliphatic heterocycles. The average molecular weight is 269 g/mol. The maximum Gasteiger partial charge on any atom is 0.333 e. The SMILES string of the molecule is Nc1sc2ccccc2[n+]1CC(=O)c1ccccc1. The van der Waals surface area contributed by atoms with E-state index in [1.54, 1.807) is 0 Å². The minimum Gasteiger partial charge on any atom is -0.290 e. The van der Waals surface area contributed by atoms with Gasteiger partial charge in [0.1, 0.15) is 5.52 Å². The van der Waals surface area contributed by atoms with Gasteiger partial charge < -0.3 is 0 Å². The highest BCUT2D eigenvalue weighted by Crippen LogP contribution is 2.21.